The molecule has 1 aromatic rings. The van der Waals surface area contributed by atoms with Crippen molar-refractivity contribution in [2.24, 2.45) is 5.92 Å². The molecule has 0 atom stereocenters. The zero-order valence-corrected chi connectivity index (χ0v) is 12.3. The number of anilines is 2. The van der Waals surface area contributed by atoms with E-state index in [0.29, 0.717) is 28.1 Å². The fourth-order valence-corrected chi connectivity index (χ4v) is 2.52. The van der Waals surface area contributed by atoms with Crippen molar-refractivity contribution in [3.8, 4) is 0 Å². The van der Waals surface area contributed by atoms with Crippen LogP contribution < -0.4 is 11.1 Å². The first-order valence-electron chi connectivity index (χ1n) is 5.91. The number of amides is 1. The third-order valence-corrected chi connectivity index (χ3v) is 3.59. The van der Waals surface area contributed by atoms with E-state index in [1.165, 1.54) is 0 Å². The predicted molar refractivity (Wildman–Crippen MR) is 81.3 cm³/mol. The first kappa shape index (κ1) is 15.2. The van der Waals surface area contributed by atoms with Gasteiger partial charge in [0.2, 0.25) is 5.91 Å². The molecule has 0 aliphatic carbocycles. The standard InChI is InChI=1S/C13H19ClN2OS/c1-9(2)5-6-18-8-13(17)16-12-7-10(14)3-4-11(12)15/h3-4,7,9H,5-6,8,15H2,1-2H3,(H,16,17). The maximum absolute atomic E-state index is 11.7. The van der Waals surface area contributed by atoms with Gasteiger partial charge in [-0.2, -0.15) is 11.8 Å². The summed E-state index contributed by atoms with van der Waals surface area (Å²) in [5.41, 5.74) is 6.86. The van der Waals surface area contributed by atoms with E-state index in [-0.39, 0.29) is 5.91 Å². The minimum Gasteiger partial charge on any atom is -0.397 e. The van der Waals surface area contributed by atoms with Crippen LogP contribution in [0.5, 0.6) is 0 Å². The zero-order chi connectivity index (χ0) is 13.5. The number of nitrogens with one attached hydrogen (secondary N) is 1. The maximum Gasteiger partial charge on any atom is 0.234 e. The highest BCUT2D eigenvalue weighted by Crippen LogP contribution is 2.23. The van der Waals surface area contributed by atoms with Crippen molar-refractivity contribution in [2.45, 2.75) is 20.3 Å². The number of halogens is 1. The van der Waals surface area contributed by atoms with Gasteiger partial charge in [-0.15, -0.1) is 0 Å². The summed E-state index contributed by atoms with van der Waals surface area (Å²) in [5, 5.41) is 3.33. The molecule has 1 rings (SSSR count). The van der Waals surface area contributed by atoms with Crippen LogP contribution in [0.15, 0.2) is 18.2 Å². The van der Waals surface area contributed by atoms with Crippen molar-refractivity contribution in [1.29, 1.82) is 0 Å². The molecular formula is C13H19ClN2OS. The molecule has 0 spiro atoms. The molecule has 0 fully saturated rings. The summed E-state index contributed by atoms with van der Waals surface area (Å²) in [6.07, 6.45) is 1.12. The lowest BCUT2D eigenvalue weighted by Gasteiger charge is -2.09. The van der Waals surface area contributed by atoms with Crippen molar-refractivity contribution in [2.75, 3.05) is 22.6 Å². The lowest BCUT2D eigenvalue weighted by molar-refractivity contribution is -0.113. The minimum absolute atomic E-state index is 0.0438. The molecule has 1 amide bonds. The van der Waals surface area contributed by atoms with Crippen LogP contribution in [0.1, 0.15) is 20.3 Å². The zero-order valence-electron chi connectivity index (χ0n) is 10.7. The van der Waals surface area contributed by atoms with E-state index in [4.69, 9.17) is 17.3 Å². The fraction of sp³-hybridized carbons (Fsp3) is 0.462. The number of carbonyl (C=O) groups excluding carboxylic acids is 1. The average Bonchev–Trinajstić information content (AvgIpc) is 2.29. The molecule has 0 bridgehead atoms. The molecule has 18 heavy (non-hydrogen) atoms. The number of thioether (sulfide) groups is 1. The quantitative estimate of drug-likeness (QED) is 0.620. The molecule has 0 heterocycles. The van der Waals surface area contributed by atoms with Gasteiger partial charge in [0.25, 0.3) is 0 Å². The Kier molecular flexibility index (Phi) is 6.36. The van der Waals surface area contributed by atoms with Crippen molar-refractivity contribution in [3.05, 3.63) is 23.2 Å². The summed E-state index contributed by atoms with van der Waals surface area (Å²) in [7, 11) is 0. The van der Waals surface area contributed by atoms with Crippen LogP contribution in [0, 0.1) is 5.92 Å². The van der Waals surface area contributed by atoms with Gasteiger partial charge in [0, 0.05) is 5.02 Å². The monoisotopic (exact) mass is 286 g/mol. The molecule has 100 valence electrons. The van der Waals surface area contributed by atoms with Gasteiger partial charge in [-0.25, -0.2) is 0 Å². The van der Waals surface area contributed by atoms with E-state index >= 15 is 0 Å². The normalized spacial score (nSPS) is 10.7. The molecule has 0 aliphatic rings. The molecule has 0 saturated carbocycles. The smallest absolute Gasteiger partial charge is 0.234 e. The highest BCUT2D eigenvalue weighted by atomic mass is 35.5. The van der Waals surface area contributed by atoms with Crippen molar-refractivity contribution >= 4 is 40.6 Å². The molecule has 0 saturated heterocycles. The van der Waals surface area contributed by atoms with Gasteiger partial charge >= 0.3 is 0 Å². The second kappa shape index (κ2) is 7.54. The lowest BCUT2D eigenvalue weighted by atomic mass is 10.2. The van der Waals surface area contributed by atoms with E-state index in [1.807, 2.05) is 0 Å². The predicted octanol–water partition coefficient (Wildman–Crippen LogP) is 3.64. The summed E-state index contributed by atoms with van der Waals surface area (Å²) >= 11 is 7.48. The Morgan fingerprint density at radius 2 is 2.22 bits per heavy atom. The lowest BCUT2D eigenvalue weighted by Crippen LogP contribution is -2.15. The van der Waals surface area contributed by atoms with Crippen LogP contribution in [0.4, 0.5) is 11.4 Å². The number of benzene rings is 1. The molecule has 0 unspecified atom stereocenters. The van der Waals surface area contributed by atoms with Crippen LogP contribution in [0.25, 0.3) is 0 Å². The Morgan fingerprint density at radius 1 is 1.50 bits per heavy atom. The van der Waals surface area contributed by atoms with Crippen LogP contribution in [-0.4, -0.2) is 17.4 Å². The Labute approximate surface area is 117 Å². The van der Waals surface area contributed by atoms with E-state index in [2.05, 4.69) is 19.2 Å². The molecule has 0 aromatic heterocycles. The number of hydrogen-bond donors (Lipinski definition) is 2. The highest BCUT2D eigenvalue weighted by Gasteiger charge is 2.06. The Balaban J connectivity index is 2.38. The Hall–Kier alpha value is -0.870. The van der Waals surface area contributed by atoms with Crippen LogP contribution in [0.3, 0.4) is 0 Å². The van der Waals surface area contributed by atoms with Crippen molar-refractivity contribution in [1.82, 2.24) is 0 Å². The third kappa shape index (κ3) is 5.65. The second-order valence-corrected chi connectivity index (χ2v) is 6.06. The summed E-state index contributed by atoms with van der Waals surface area (Å²) < 4.78 is 0. The second-order valence-electron chi connectivity index (χ2n) is 4.51. The Bertz CT molecular complexity index is 410. The number of nitrogen functional groups attached to an aromatic ring is 1. The van der Waals surface area contributed by atoms with Gasteiger partial charge in [-0.05, 0) is 36.3 Å². The molecule has 3 N–H and O–H groups in total. The van der Waals surface area contributed by atoms with Crippen LogP contribution in [0.2, 0.25) is 5.02 Å². The van der Waals surface area contributed by atoms with Crippen LogP contribution in [-0.2, 0) is 4.79 Å². The fourth-order valence-electron chi connectivity index (χ4n) is 1.31. The van der Waals surface area contributed by atoms with E-state index < -0.39 is 0 Å². The van der Waals surface area contributed by atoms with Gasteiger partial charge in [-0.3, -0.25) is 4.79 Å². The largest absolute Gasteiger partial charge is 0.397 e. The minimum atomic E-state index is -0.0438. The van der Waals surface area contributed by atoms with Crippen LogP contribution >= 0.6 is 23.4 Å². The number of carbonyl (C=O) groups is 1. The van der Waals surface area contributed by atoms with Crippen molar-refractivity contribution in [3.63, 3.8) is 0 Å². The molecule has 5 heteroatoms. The topological polar surface area (TPSA) is 55.1 Å². The summed E-state index contributed by atoms with van der Waals surface area (Å²) in [4.78, 5) is 11.7. The molecule has 1 aromatic carbocycles. The van der Waals surface area contributed by atoms with E-state index in [0.717, 1.165) is 12.2 Å². The van der Waals surface area contributed by atoms with Gasteiger partial charge in [0.1, 0.15) is 0 Å². The number of nitrogens with two attached hydrogens (primary N) is 1. The first-order chi connectivity index (χ1) is 8.49. The van der Waals surface area contributed by atoms with Crippen molar-refractivity contribution < 1.29 is 4.79 Å². The molecule has 3 nitrogen and oxygen atoms in total. The Morgan fingerprint density at radius 3 is 2.89 bits per heavy atom. The first-order valence-corrected chi connectivity index (χ1v) is 7.45. The number of rotatable bonds is 6. The number of hydrogen-bond acceptors (Lipinski definition) is 3. The maximum atomic E-state index is 11.7. The van der Waals surface area contributed by atoms with E-state index in [1.54, 1.807) is 30.0 Å². The SMILES string of the molecule is CC(C)CCSCC(=O)Nc1cc(Cl)ccc1N. The highest BCUT2D eigenvalue weighted by molar-refractivity contribution is 7.99. The summed E-state index contributed by atoms with van der Waals surface area (Å²) in [6, 6.07) is 5.04. The van der Waals surface area contributed by atoms with E-state index in [9.17, 15) is 4.79 Å². The molecular weight excluding hydrogens is 268 g/mol. The summed E-state index contributed by atoms with van der Waals surface area (Å²) in [6.45, 7) is 4.35. The van der Waals surface area contributed by atoms with Gasteiger partial charge in [-0.1, -0.05) is 25.4 Å². The molecule has 0 aliphatic heterocycles. The third-order valence-electron chi connectivity index (χ3n) is 2.36. The van der Waals surface area contributed by atoms with Gasteiger partial charge < -0.3 is 11.1 Å². The van der Waals surface area contributed by atoms with Gasteiger partial charge in [0.15, 0.2) is 0 Å². The average molecular weight is 287 g/mol. The summed E-state index contributed by atoms with van der Waals surface area (Å²) in [5.74, 6) is 2.07. The van der Waals surface area contributed by atoms with Gasteiger partial charge in [0.05, 0.1) is 17.1 Å². The molecule has 0 radical (unpaired) electrons.